The van der Waals surface area contributed by atoms with Crippen LogP contribution in [0, 0.1) is 11.8 Å². The molecule has 3 heteroatoms. The lowest BCUT2D eigenvalue weighted by molar-refractivity contribution is -0.129. The van der Waals surface area contributed by atoms with Crippen LogP contribution >= 0.6 is 0 Å². The van der Waals surface area contributed by atoms with Gasteiger partial charge in [0.25, 0.3) is 6.43 Å². The van der Waals surface area contributed by atoms with Crippen LogP contribution in [0.2, 0.25) is 0 Å². The summed E-state index contributed by atoms with van der Waals surface area (Å²) >= 11 is 0. The van der Waals surface area contributed by atoms with Crippen molar-refractivity contribution in [1.29, 1.82) is 0 Å². The number of halogens is 2. The van der Waals surface area contributed by atoms with E-state index in [0.717, 1.165) is 11.1 Å². The van der Waals surface area contributed by atoms with Gasteiger partial charge in [-0.25, -0.2) is 8.78 Å². The second kappa shape index (κ2) is 7.35. The zero-order chi connectivity index (χ0) is 15.1. The number of Topliss-reactive ketones (excluding diaryl/α,β-unsaturated/α-hetero) is 1. The van der Waals surface area contributed by atoms with E-state index in [9.17, 15) is 13.6 Å². The first-order valence-electron chi connectivity index (χ1n) is 6.59. The first-order valence-corrected chi connectivity index (χ1v) is 6.59. The zero-order valence-corrected chi connectivity index (χ0v) is 11.3. The average Bonchev–Trinajstić information content (AvgIpc) is 2.53. The minimum Gasteiger partial charge on any atom is -0.293 e. The molecule has 0 saturated carbocycles. The van der Waals surface area contributed by atoms with Gasteiger partial charge >= 0.3 is 0 Å². The molecule has 0 fully saturated rings. The monoisotopic (exact) mass is 284 g/mol. The number of carbonyl (C=O) groups is 1. The van der Waals surface area contributed by atoms with E-state index in [1.807, 2.05) is 36.4 Å². The summed E-state index contributed by atoms with van der Waals surface area (Å²) in [5.41, 5.74) is 1.57. The molecule has 0 spiro atoms. The van der Waals surface area contributed by atoms with E-state index in [1.54, 1.807) is 24.3 Å². The minimum absolute atomic E-state index is 0.276. The molecule has 0 amide bonds. The fraction of sp³-hybridized carbons (Fsp3) is 0.167. The number of ketones is 1. The lowest BCUT2D eigenvalue weighted by atomic mass is 9.94. The first-order chi connectivity index (χ1) is 10.2. The van der Waals surface area contributed by atoms with Crippen LogP contribution in [0.15, 0.2) is 60.7 Å². The molecule has 21 heavy (non-hydrogen) atoms. The molecule has 2 rings (SSSR count). The van der Waals surface area contributed by atoms with Crippen molar-refractivity contribution >= 4 is 5.78 Å². The Morgan fingerprint density at radius 2 is 1.52 bits per heavy atom. The molecule has 0 bridgehead atoms. The Morgan fingerprint density at radius 3 is 2.10 bits per heavy atom. The Balaban J connectivity index is 2.25. The highest BCUT2D eigenvalue weighted by Crippen LogP contribution is 2.20. The van der Waals surface area contributed by atoms with Crippen LogP contribution in [0.5, 0.6) is 0 Å². The quantitative estimate of drug-likeness (QED) is 0.774. The summed E-state index contributed by atoms with van der Waals surface area (Å²) < 4.78 is 24.9. The van der Waals surface area contributed by atoms with Crippen molar-refractivity contribution in [1.82, 2.24) is 0 Å². The van der Waals surface area contributed by atoms with Crippen LogP contribution in [0.4, 0.5) is 8.78 Å². The van der Waals surface area contributed by atoms with Crippen LogP contribution < -0.4 is 0 Å². The van der Waals surface area contributed by atoms with Crippen molar-refractivity contribution in [2.75, 3.05) is 0 Å². The Kier molecular flexibility index (Phi) is 5.22. The second-order valence-corrected chi connectivity index (χ2v) is 4.57. The highest BCUT2D eigenvalue weighted by molar-refractivity contribution is 5.82. The molecule has 0 heterocycles. The standard InChI is InChI=1S/C18H14F2O/c19-18(20)17(21)13-16(15-9-5-2-6-10-15)12-11-14-7-3-1-4-8-14/h1-10,16,18H,13H2/t16-/m1/s1. The number of hydrogen-bond acceptors (Lipinski definition) is 1. The SMILES string of the molecule is O=C(C[C@@H](C#Cc1ccccc1)c1ccccc1)C(F)F. The predicted octanol–water partition coefficient (Wildman–Crippen LogP) is 4.05. The lowest BCUT2D eigenvalue weighted by Crippen LogP contribution is -2.13. The van der Waals surface area contributed by atoms with Crippen LogP contribution in [-0.4, -0.2) is 12.2 Å². The van der Waals surface area contributed by atoms with Crippen molar-refractivity contribution in [3.05, 3.63) is 71.8 Å². The molecule has 0 aliphatic heterocycles. The smallest absolute Gasteiger partial charge is 0.293 e. The van der Waals surface area contributed by atoms with Crippen molar-refractivity contribution in [2.45, 2.75) is 18.8 Å². The van der Waals surface area contributed by atoms with E-state index in [4.69, 9.17) is 0 Å². The van der Waals surface area contributed by atoms with E-state index >= 15 is 0 Å². The lowest BCUT2D eigenvalue weighted by Gasteiger charge is -2.10. The Labute approximate surface area is 122 Å². The van der Waals surface area contributed by atoms with Gasteiger partial charge in [-0.15, -0.1) is 0 Å². The molecule has 2 aromatic carbocycles. The molecule has 1 nitrogen and oxygen atoms in total. The maximum Gasteiger partial charge on any atom is 0.296 e. The van der Waals surface area contributed by atoms with Gasteiger partial charge < -0.3 is 0 Å². The van der Waals surface area contributed by atoms with E-state index in [2.05, 4.69) is 11.8 Å². The molecule has 0 unspecified atom stereocenters. The van der Waals surface area contributed by atoms with Gasteiger partial charge in [0, 0.05) is 12.0 Å². The molecular weight excluding hydrogens is 270 g/mol. The van der Waals surface area contributed by atoms with Crippen LogP contribution in [0.25, 0.3) is 0 Å². The molecular formula is C18H14F2O. The van der Waals surface area contributed by atoms with Crippen molar-refractivity contribution in [3.8, 4) is 11.8 Å². The summed E-state index contributed by atoms with van der Waals surface area (Å²) in [6, 6.07) is 18.3. The van der Waals surface area contributed by atoms with Crippen molar-refractivity contribution in [2.24, 2.45) is 0 Å². The van der Waals surface area contributed by atoms with Crippen molar-refractivity contribution < 1.29 is 13.6 Å². The van der Waals surface area contributed by atoms with Crippen LogP contribution in [-0.2, 0) is 4.79 Å². The number of benzene rings is 2. The molecule has 0 aliphatic carbocycles. The van der Waals surface area contributed by atoms with E-state index in [-0.39, 0.29) is 6.42 Å². The third kappa shape index (κ3) is 4.54. The average molecular weight is 284 g/mol. The number of carbonyl (C=O) groups excluding carboxylic acids is 1. The maximum absolute atomic E-state index is 12.5. The molecule has 2 aromatic rings. The highest BCUT2D eigenvalue weighted by Gasteiger charge is 2.20. The topological polar surface area (TPSA) is 17.1 Å². The Hall–Kier alpha value is -2.47. The molecule has 0 aromatic heterocycles. The normalized spacial score (nSPS) is 11.6. The van der Waals surface area contributed by atoms with Gasteiger partial charge in [0.05, 0.1) is 5.92 Å². The predicted molar refractivity (Wildman–Crippen MR) is 78.1 cm³/mol. The molecule has 0 saturated heterocycles. The molecule has 0 N–H and O–H groups in total. The van der Waals surface area contributed by atoms with Crippen LogP contribution in [0.1, 0.15) is 23.5 Å². The summed E-state index contributed by atoms with van der Waals surface area (Å²) in [7, 11) is 0. The van der Waals surface area contributed by atoms with Gasteiger partial charge in [0.2, 0.25) is 0 Å². The van der Waals surface area contributed by atoms with Gasteiger partial charge in [-0.1, -0.05) is 60.4 Å². The van der Waals surface area contributed by atoms with E-state index in [1.165, 1.54) is 0 Å². The third-order valence-electron chi connectivity index (χ3n) is 3.02. The molecule has 0 aliphatic rings. The largest absolute Gasteiger partial charge is 0.296 e. The second-order valence-electron chi connectivity index (χ2n) is 4.57. The molecule has 0 radical (unpaired) electrons. The van der Waals surface area contributed by atoms with Crippen molar-refractivity contribution in [3.63, 3.8) is 0 Å². The summed E-state index contributed by atoms with van der Waals surface area (Å²) in [5, 5.41) is 0. The zero-order valence-electron chi connectivity index (χ0n) is 11.3. The number of rotatable bonds is 4. The summed E-state index contributed by atoms with van der Waals surface area (Å²) in [5.74, 6) is 4.28. The van der Waals surface area contributed by atoms with Gasteiger partial charge in [0.1, 0.15) is 0 Å². The maximum atomic E-state index is 12.5. The Bertz CT molecular complexity index is 639. The molecule has 106 valence electrons. The summed E-state index contributed by atoms with van der Waals surface area (Å²) in [6.45, 7) is 0. The molecule has 1 atom stereocenters. The number of hydrogen-bond donors (Lipinski definition) is 0. The number of alkyl halides is 2. The van der Waals surface area contributed by atoms with Gasteiger partial charge in [-0.3, -0.25) is 4.79 Å². The first kappa shape index (κ1) is 14.9. The van der Waals surface area contributed by atoms with Crippen LogP contribution in [0.3, 0.4) is 0 Å². The van der Waals surface area contributed by atoms with E-state index < -0.39 is 18.1 Å². The summed E-state index contributed by atoms with van der Waals surface area (Å²) in [4.78, 5) is 11.3. The summed E-state index contributed by atoms with van der Waals surface area (Å²) in [6.07, 6.45) is -3.23. The van der Waals surface area contributed by atoms with Gasteiger partial charge in [0.15, 0.2) is 5.78 Å². The minimum atomic E-state index is -2.95. The Morgan fingerprint density at radius 1 is 0.952 bits per heavy atom. The third-order valence-corrected chi connectivity index (χ3v) is 3.02. The van der Waals surface area contributed by atoms with Gasteiger partial charge in [-0.2, -0.15) is 0 Å². The van der Waals surface area contributed by atoms with Gasteiger partial charge in [-0.05, 0) is 17.7 Å². The highest BCUT2D eigenvalue weighted by atomic mass is 19.3. The van der Waals surface area contributed by atoms with E-state index in [0.29, 0.717) is 0 Å². The fourth-order valence-electron chi connectivity index (χ4n) is 1.92. The fourth-order valence-corrected chi connectivity index (χ4v) is 1.92.